The number of rotatable bonds is 5. The van der Waals surface area contributed by atoms with Gasteiger partial charge in [0.25, 0.3) is 5.91 Å². The van der Waals surface area contributed by atoms with E-state index >= 15 is 0 Å². The highest BCUT2D eigenvalue weighted by Crippen LogP contribution is 2.42. The summed E-state index contributed by atoms with van der Waals surface area (Å²) in [6, 6.07) is 11.8. The van der Waals surface area contributed by atoms with Crippen LogP contribution in [0.1, 0.15) is 33.4 Å². The zero-order valence-corrected chi connectivity index (χ0v) is 19.4. The summed E-state index contributed by atoms with van der Waals surface area (Å²) in [6.07, 6.45) is 1.66. The van der Waals surface area contributed by atoms with E-state index in [1.54, 1.807) is 24.3 Å². The molecule has 1 amide bonds. The summed E-state index contributed by atoms with van der Waals surface area (Å²) in [6.45, 7) is 5.88. The molecular formula is C24H17BrN2O4S. The lowest BCUT2D eigenvalue weighted by atomic mass is 9.98. The number of amides is 1. The lowest BCUT2D eigenvalue weighted by Crippen LogP contribution is -2.29. The molecule has 0 aliphatic carbocycles. The van der Waals surface area contributed by atoms with Gasteiger partial charge in [-0.2, -0.15) is 0 Å². The van der Waals surface area contributed by atoms with Gasteiger partial charge in [0.1, 0.15) is 17.9 Å². The molecule has 0 saturated heterocycles. The molecule has 2 aromatic carbocycles. The van der Waals surface area contributed by atoms with Crippen LogP contribution in [0.3, 0.4) is 0 Å². The predicted octanol–water partition coefficient (Wildman–Crippen LogP) is 5.64. The van der Waals surface area contributed by atoms with E-state index in [-0.39, 0.29) is 11.2 Å². The molecule has 1 atom stereocenters. The van der Waals surface area contributed by atoms with Crippen molar-refractivity contribution in [2.45, 2.75) is 13.0 Å². The number of thiazole rings is 1. The minimum atomic E-state index is -0.685. The standard InChI is InChI=1S/C24H17BrN2O4S/c1-3-9-30-16-6-4-5-14(10-16)20-19-21(28)17-11-15(25)7-8-18(17)31-22(19)23(29)27(20)24-26-13(2)12-32-24/h3-8,10-12,20H,1,9H2,2H3/t20-/m1/s1. The maximum absolute atomic E-state index is 13.6. The maximum atomic E-state index is 13.6. The van der Waals surface area contributed by atoms with Gasteiger partial charge in [0.15, 0.2) is 10.6 Å². The Morgan fingerprint density at radius 2 is 2.12 bits per heavy atom. The minimum Gasteiger partial charge on any atom is -0.490 e. The van der Waals surface area contributed by atoms with Crippen molar-refractivity contribution < 1.29 is 13.9 Å². The van der Waals surface area contributed by atoms with Crippen LogP contribution in [0.25, 0.3) is 11.0 Å². The van der Waals surface area contributed by atoms with Crippen molar-refractivity contribution in [3.8, 4) is 5.75 Å². The lowest BCUT2D eigenvalue weighted by Gasteiger charge is -2.23. The van der Waals surface area contributed by atoms with Crippen LogP contribution in [0.2, 0.25) is 0 Å². The van der Waals surface area contributed by atoms with Crippen molar-refractivity contribution in [3.05, 3.63) is 97.8 Å². The highest BCUT2D eigenvalue weighted by atomic mass is 79.9. The number of ether oxygens (including phenoxy) is 1. The van der Waals surface area contributed by atoms with Crippen molar-refractivity contribution in [1.82, 2.24) is 4.98 Å². The molecule has 1 aliphatic rings. The number of halogens is 1. The van der Waals surface area contributed by atoms with Crippen molar-refractivity contribution in [2.24, 2.45) is 0 Å². The highest BCUT2D eigenvalue weighted by Gasteiger charge is 2.45. The molecule has 0 saturated carbocycles. The molecule has 0 unspecified atom stereocenters. The Balaban J connectivity index is 1.77. The molecule has 160 valence electrons. The van der Waals surface area contributed by atoms with Crippen LogP contribution in [0.5, 0.6) is 5.75 Å². The SMILES string of the molecule is C=CCOc1cccc([C@@H]2c3c(oc4ccc(Br)cc4c3=O)C(=O)N2c2nc(C)cs2)c1. The number of hydrogen-bond acceptors (Lipinski definition) is 6. The van der Waals surface area contributed by atoms with Gasteiger partial charge in [-0.15, -0.1) is 11.3 Å². The van der Waals surface area contributed by atoms with E-state index < -0.39 is 11.9 Å². The Kier molecular flexibility index (Phi) is 5.19. The minimum absolute atomic E-state index is 0.0417. The highest BCUT2D eigenvalue weighted by molar-refractivity contribution is 9.10. The molecule has 0 spiro atoms. The fraction of sp³-hybridized carbons (Fsp3) is 0.125. The second kappa shape index (κ2) is 8.03. The first kappa shape index (κ1) is 20.7. The molecule has 2 aromatic heterocycles. The number of hydrogen-bond donors (Lipinski definition) is 0. The van der Waals surface area contributed by atoms with Gasteiger partial charge in [0.2, 0.25) is 5.76 Å². The number of nitrogens with zero attached hydrogens (tertiary/aromatic N) is 2. The average molecular weight is 509 g/mol. The summed E-state index contributed by atoms with van der Waals surface area (Å²) in [7, 11) is 0. The summed E-state index contributed by atoms with van der Waals surface area (Å²) in [4.78, 5) is 33.2. The van der Waals surface area contributed by atoms with Crippen molar-refractivity contribution >= 4 is 49.3 Å². The second-order valence-corrected chi connectivity index (χ2v) is 9.09. The normalized spacial score (nSPS) is 15.2. The summed E-state index contributed by atoms with van der Waals surface area (Å²) in [5.74, 6) is 0.269. The van der Waals surface area contributed by atoms with Crippen LogP contribution in [0, 0.1) is 6.92 Å². The Morgan fingerprint density at radius 1 is 1.28 bits per heavy atom. The van der Waals surface area contributed by atoms with Crippen LogP contribution >= 0.6 is 27.3 Å². The molecule has 3 heterocycles. The van der Waals surface area contributed by atoms with Gasteiger partial charge in [0, 0.05) is 9.85 Å². The van der Waals surface area contributed by atoms with Crippen LogP contribution in [-0.4, -0.2) is 17.5 Å². The third-order valence-electron chi connectivity index (χ3n) is 5.19. The van der Waals surface area contributed by atoms with E-state index in [1.165, 1.54) is 16.2 Å². The van der Waals surface area contributed by atoms with Gasteiger partial charge in [0.05, 0.1) is 22.7 Å². The van der Waals surface area contributed by atoms with E-state index in [2.05, 4.69) is 27.5 Å². The first-order valence-corrected chi connectivity index (χ1v) is 11.5. The van der Waals surface area contributed by atoms with Gasteiger partial charge in [-0.3, -0.25) is 14.5 Å². The second-order valence-electron chi connectivity index (χ2n) is 7.34. The van der Waals surface area contributed by atoms with Crippen molar-refractivity contribution in [1.29, 1.82) is 0 Å². The summed E-state index contributed by atoms with van der Waals surface area (Å²) >= 11 is 4.76. The predicted molar refractivity (Wildman–Crippen MR) is 128 cm³/mol. The topological polar surface area (TPSA) is 72.6 Å². The molecule has 4 aromatic rings. The van der Waals surface area contributed by atoms with Gasteiger partial charge in [-0.05, 0) is 42.8 Å². The van der Waals surface area contributed by atoms with E-state index in [0.29, 0.717) is 34.0 Å². The van der Waals surface area contributed by atoms with E-state index in [9.17, 15) is 9.59 Å². The third kappa shape index (κ3) is 3.36. The Morgan fingerprint density at radius 3 is 2.88 bits per heavy atom. The van der Waals surface area contributed by atoms with Gasteiger partial charge in [-0.25, -0.2) is 4.98 Å². The van der Waals surface area contributed by atoms with Gasteiger partial charge >= 0.3 is 0 Å². The lowest BCUT2D eigenvalue weighted by molar-refractivity contribution is 0.0971. The number of anilines is 1. The van der Waals surface area contributed by atoms with Crippen LogP contribution < -0.4 is 15.1 Å². The summed E-state index contributed by atoms with van der Waals surface area (Å²) in [5.41, 5.74) is 1.95. The number of carbonyl (C=O) groups is 1. The number of aryl methyl sites for hydroxylation is 1. The van der Waals surface area contributed by atoms with E-state index in [4.69, 9.17) is 9.15 Å². The first-order valence-electron chi connectivity index (χ1n) is 9.83. The molecule has 1 aliphatic heterocycles. The molecule has 0 N–H and O–H groups in total. The van der Waals surface area contributed by atoms with E-state index in [0.717, 1.165) is 15.7 Å². The summed E-state index contributed by atoms with van der Waals surface area (Å²) in [5, 5.41) is 2.79. The molecule has 0 fully saturated rings. The maximum Gasteiger partial charge on any atom is 0.297 e. The van der Waals surface area contributed by atoms with Crippen LogP contribution in [0.4, 0.5) is 5.13 Å². The number of carbonyl (C=O) groups excluding carboxylic acids is 1. The molecule has 5 rings (SSSR count). The molecule has 6 nitrogen and oxygen atoms in total. The van der Waals surface area contributed by atoms with Crippen LogP contribution in [-0.2, 0) is 0 Å². The smallest absolute Gasteiger partial charge is 0.297 e. The largest absolute Gasteiger partial charge is 0.490 e. The third-order valence-corrected chi connectivity index (χ3v) is 6.64. The van der Waals surface area contributed by atoms with Crippen molar-refractivity contribution in [2.75, 3.05) is 11.5 Å². The fourth-order valence-corrected chi connectivity index (χ4v) is 5.03. The number of fused-ring (bicyclic) bond motifs is 2. The fourth-order valence-electron chi connectivity index (χ4n) is 3.84. The molecule has 32 heavy (non-hydrogen) atoms. The number of benzene rings is 2. The Hall–Kier alpha value is -3.23. The Labute approximate surface area is 195 Å². The van der Waals surface area contributed by atoms with Crippen molar-refractivity contribution in [3.63, 3.8) is 0 Å². The number of aromatic nitrogens is 1. The monoisotopic (exact) mass is 508 g/mol. The van der Waals surface area contributed by atoms with Gasteiger partial charge < -0.3 is 9.15 Å². The molecule has 0 bridgehead atoms. The van der Waals surface area contributed by atoms with Gasteiger partial charge in [-0.1, -0.05) is 40.7 Å². The first-order chi connectivity index (χ1) is 15.5. The van der Waals surface area contributed by atoms with E-state index in [1.807, 2.05) is 36.6 Å². The molecule has 0 radical (unpaired) electrons. The zero-order chi connectivity index (χ0) is 22.4. The average Bonchev–Trinajstić information content (AvgIpc) is 3.34. The molecule has 8 heteroatoms. The summed E-state index contributed by atoms with van der Waals surface area (Å²) < 4.78 is 12.4. The zero-order valence-electron chi connectivity index (χ0n) is 17.0. The quantitative estimate of drug-likeness (QED) is 0.326. The van der Waals surface area contributed by atoms with Crippen LogP contribution in [0.15, 0.2) is 74.2 Å². The Bertz CT molecular complexity index is 1440. The molecular weight excluding hydrogens is 492 g/mol.